The Morgan fingerprint density at radius 2 is 1.87 bits per heavy atom. The van der Waals surface area contributed by atoms with Crippen LogP contribution >= 0.6 is 11.8 Å². The number of anilines is 1. The molecular weight excluding hydrogens is 408 g/mol. The summed E-state index contributed by atoms with van der Waals surface area (Å²) in [7, 11) is 1.68. The van der Waals surface area contributed by atoms with Gasteiger partial charge in [-0.15, -0.1) is 10.2 Å². The molecule has 3 aromatic carbocycles. The van der Waals surface area contributed by atoms with Crippen molar-refractivity contribution in [2.45, 2.75) is 24.7 Å². The molecule has 31 heavy (non-hydrogen) atoms. The van der Waals surface area contributed by atoms with Crippen molar-refractivity contribution >= 4 is 28.2 Å². The third-order valence-electron chi connectivity index (χ3n) is 5.18. The highest BCUT2D eigenvalue weighted by atomic mass is 32.2. The minimum atomic E-state index is -0.510. The number of para-hydroxylation sites is 1. The zero-order valence-electron chi connectivity index (χ0n) is 17.3. The molecular formula is C24H22N4O2S. The van der Waals surface area contributed by atoms with Crippen molar-refractivity contribution in [3.05, 3.63) is 66.2 Å². The van der Waals surface area contributed by atoms with Crippen LogP contribution in [0.25, 0.3) is 22.0 Å². The Balaban J connectivity index is 1.69. The highest BCUT2D eigenvalue weighted by Crippen LogP contribution is 2.43. The molecule has 0 amide bonds. The molecule has 1 aliphatic rings. The van der Waals surface area contributed by atoms with Crippen LogP contribution in [0.3, 0.4) is 0 Å². The predicted molar refractivity (Wildman–Crippen MR) is 124 cm³/mol. The number of aromatic nitrogens is 3. The summed E-state index contributed by atoms with van der Waals surface area (Å²) in [5, 5.41) is 15.1. The summed E-state index contributed by atoms with van der Waals surface area (Å²) < 4.78 is 12.2. The van der Waals surface area contributed by atoms with Gasteiger partial charge in [-0.05, 0) is 29.3 Å². The number of nitrogens with zero attached hydrogens (tertiary/aromatic N) is 3. The van der Waals surface area contributed by atoms with Crippen molar-refractivity contribution in [1.29, 1.82) is 0 Å². The number of ether oxygens (including phenoxy) is 2. The van der Waals surface area contributed by atoms with E-state index in [1.165, 1.54) is 0 Å². The zero-order chi connectivity index (χ0) is 21.2. The summed E-state index contributed by atoms with van der Waals surface area (Å²) in [4.78, 5) is 4.71. The van der Waals surface area contributed by atoms with Crippen molar-refractivity contribution in [2.24, 2.45) is 0 Å². The fourth-order valence-electron chi connectivity index (χ4n) is 3.76. The van der Waals surface area contributed by atoms with E-state index in [4.69, 9.17) is 14.5 Å². The Labute approximate surface area is 185 Å². The molecule has 0 bridgehead atoms. The molecule has 0 fully saturated rings. The Bertz CT molecular complexity index is 1250. The Morgan fingerprint density at radius 3 is 2.74 bits per heavy atom. The Kier molecular flexibility index (Phi) is 5.34. The minimum absolute atomic E-state index is 0.464. The normalized spacial score (nSPS) is 14.7. The summed E-state index contributed by atoms with van der Waals surface area (Å²) in [6.07, 6.45) is 0.524. The lowest BCUT2D eigenvalue weighted by Crippen LogP contribution is -2.18. The van der Waals surface area contributed by atoms with Crippen LogP contribution in [-0.4, -0.2) is 28.0 Å². The van der Waals surface area contributed by atoms with Crippen molar-refractivity contribution in [3.63, 3.8) is 0 Å². The van der Waals surface area contributed by atoms with Gasteiger partial charge >= 0.3 is 0 Å². The second-order valence-corrected chi connectivity index (χ2v) is 8.25. The van der Waals surface area contributed by atoms with Gasteiger partial charge < -0.3 is 14.8 Å². The van der Waals surface area contributed by atoms with E-state index < -0.39 is 6.23 Å². The van der Waals surface area contributed by atoms with Gasteiger partial charge in [-0.1, -0.05) is 67.2 Å². The van der Waals surface area contributed by atoms with Gasteiger partial charge in [0.05, 0.1) is 12.7 Å². The van der Waals surface area contributed by atoms with Crippen LogP contribution in [0.1, 0.15) is 25.1 Å². The van der Waals surface area contributed by atoms with E-state index in [0.29, 0.717) is 16.7 Å². The van der Waals surface area contributed by atoms with E-state index in [1.807, 2.05) is 42.5 Å². The predicted octanol–water partition coefficient (Wildman–Crippen LogP) is 5.71. The Morgan fingerprint density at radius 1 is 1.03 bits per heavy atom. The van der Waals surface area contributed by atoms with Gasteiger partial charge in [0.15, 0.2) is 5.69 Å². The highest BCUT2D eigenvalue weighted by molar-refractivity contribution is 7.99. The molecule has 1 atom stereocenters. The second kappa shape index (κ2) is 8.43. The third-order valence-corrected chi connectivity index (χ3v) is 6.23. The molecule has 7 heteroatoms. The maximum absolute atomic E-state index is 6.48. The quantitative estimate of drug-likeness (QED) is 0.407. The molecule has 0 saturated heterocycles. The monoisotopic (exact) mass is 430 g/mol. The molecule has 1 unspecified atom stereocenters. The first-order valence-electron chi connectivity index (χ1n) is 10.2. The van der Waals surface area contributed by atoms with Gasteiger partial charge in [0.2, 0.25) is 17.3 Å². The fraction of sp³-hybridized carbons (Fsp3) is 0.208. The number of fused-ring (bicyclic) bond motifs is 4. The lowest BCUT2D eigenvalue weighted by atomic mass is 10.0. The van der Waals surface area contributed by atoms with Crippen LogP contribution in [-0.2, 0) is 0 Å². The van der Waals surface area contributed by atoms with Crippen LogP contribution in [0, 0.1) is 0 Å². The number of nitrogens with one attached hydrogen (secondary N) is 1. The van der Waals surface area contributed by atoms with Gasteiger partial charge in [0, 0.05) is 17.0 Å². The Hall–Kier alpha value is -3.32. The standard InChI is InChI=1S/C24H22N4O2S/c1-3-14-31-24-26-23-21(27-28-24)17-10-6-7-11-18(17)25-22(30-23)20-16-9-5-4-8-15(16)12-13-19(20)29-2/h4-13,22,25H,3,14H2,1-2H3. The van der Waals surface area contributed by atoms with Crippen molar-refractivity contribution < 1.29 is 9.47 Å². The average molecular weight is 431 g/mol. The molecule has 0 aliphatic carbocycles. The van der Waals surface area contributed by atoms with E-state index in [-0.39, 0.29) is 0 Å². The molecule has 0 radical (unpaired) electrons. The van der Waals surface area contributed by atoms with Crippen LogP contribution in [0.5, 0.6) is 11.6 Å². The van der Waals surface area contributed by atoms with Gasteiger partial charge in [-0.3, -0.25) is 0 Å². The molecule has 5 rings (SSSR count). The molecule has 1 aromatic heterocycles. The minimum Gasteiger partial charge on any atom is -0.496 e. The molecule has 6 nitrogen and oxygen atoms in total. The molecule has 1 aliphatic heterocycles. The zero-order valence-corrected chi connectivity index (χ0v) is 18.1. The fourth-order valence-corrected chi connectivity index (χ4v) is 4.39. The van der Waals surface area contributed by atoms with Crippen LogP contribution in [0.2, 0.25) is 0 Å². The summed E-state index contributed by atoms with van der Waals surface area (Å²) in [5.74, 6) is 2.14. The van der Waals surface area contributed by atoms with E-state index >= 15 is 0 Å². The average Bonchev–Trinajstić information content (AvgIpc) is 2.98. The van der Waals surface area contributed by atoms with Gasteiger partial charge in [-0.25, -0.2) is 0 Å². The number of rotatable bonds is 5. The van der Waals surface area contributed by atoms with Crippen molar-refractivity contribution in [1.82, 2.24) is 15.2 Å². The van der Waals surface area contributed by atoms with E-state index in [2.05, 4.69) is 40.6 Å². The first-order valence-corrected chi connectivity index (χ1v) is 11.2. The molecule has 2 heterocycles. The molecule has 156 valence electrons. The lowest BCUT2D eigenvalue weighted by molar-refractivity contribution is 0.221. The lowest BCUT2D eigenvalue weighted by Gasteiger charge is -2.23. The maximum Gasteiger partial charge on any atom is 0.247 e. The van der Waals surface area contributed by atoms with E-state index in [0.717, 1.165) is 45.5 Å². The van der Waals surface area contributed by atoms with Crippen LogP contribution in [0.15, 0.2) is 65.8 Å². The topological polar surface area (TPSA) is 69.2 Å². The molecule has 0 saturated carbocycles. The van der Waals surface area contributed by atoms with Gasteiger partial charge in [-0.2, -0.15) is 4.98 Å². The van der Waals surface area contributed by atoms with Crippen molar-refractivity contribution in [3.8, 4) is 22.9 Å². The summed E-state index contributed by atoms with van der Waals surface area (Å²) >= 11 is 1.58. The smallest absolute Gasteiger partial charge is 0.247 e. The molecule has 0 spiro atoms. The van der Waals surface area contributed by atoms with Crippen molar-refractivity contribution in [2.75, 3.05) is 18.2 Å². The SMILES string of the molecule is CCCSc1nnc2c(n1)OC(c1c(OC)ccc3ccccc13)Nc1ccccc1-2. The van der Waals surface area contributed by atoms with E-state index in [9.17, 15) is 0 Å². The first kappa shape index (κ1) is 19.6. The number of thioether (sulfide) groups is 1. The summed E-state index contributed by atoms with van der Waals surface area (Å²) in [6, 6.07) is 20.2. The van der Waals surface area contributed by atoms with Gasteiger partial charge in [0.1, 0.15) is 5.75 Å². The van der Waals surface area contributed by atoms with E-state index in [1.54, 1.807) is 18.9 Å². The summed E-state index contributed by atoms with van der Waals surface area (Å²) in [6.45, 7) is 2.13. The number of hydrogen-bond acceptors (Lipinski definition) is 7. The number of benzene rings is 3. The highest BCUT2D eigenvalue weighted by Gasteiger charge is 2.29. The first-order chi connectivity index (χ1) is 15.3. The number of methoxy groups -OCH3 is 1. The van der Waals surface area contributed by atoms with Gasteiger partial charge in [0.25, 0.3) is 0 Å². The third kappa shape index (κ3) is 3.65. The largest absolute Gasteiger partial charge is 0.496 e. The number of hydrogen-bond donors (Lipinski definition) is 1. The summed E-state index contributed by atoms with van der Waals surface area (Å²) in [5.41, 5.74) is 3.37. The van der Waals surface area contributed by atoms with Crippen LogP contribution in [0.4, 0.5) is 5.69 Å². The van der Waals surface area contributed by atoms with Crippen LogP contribution < -0.4 is 14.8 Å². The molecule has 1 N–H and O–H groups in total. The second-order valence-electron chi connectivity index (χ2n) is 7.19. The molecule has 4 aromatic rings. The maximum atomic E-state index is 6.48.